The SMILES string of the molecule is O=C(NC(=O)c1ccccc1I)Nc1ccc(Oc2ncc(I)cn2)c(Cl)c1. The average molecular weight is 621 g/mol. The molecule has 0 atom stereocenters. The number of carbonyl (C=O) groups is 2. The molecule has 0 aliphatic rings. The molecule has 0 spiro atoms. The van der Waals surface area contributed by atoms with Crippen LogP contribution in [0.5, 0.6) is 11.8 Å². The van der Waals surface area contributed by atoms with Gasteiger partial charge in [0, 0.05) is 25.2 Å². The summed E-state index contributed by atoms with van der Waals surface area (Å²) in [4.78, 5) is 32.3. The Labute approximate surface area is 192 Å². The van der Waals surface area contributed by atoms with Crippen molar-refractivity contribution in [2.45, 2.75) is 0 Å². The van der Waals surface area contributed by atoms with Crippen molar-refractivity contribution in [3.63, 3.8) is 0 Å². The topological polar surface area (TPSA) is 93.2 Å². The Kier molecular flexibility index (Phi) is 7.02. The number of hydrogen-bond donors (Lipinski definition) is 2. The van der Waals surface area contributed by atoms with Crippen molar-refractivity contribution in [2.75, 3.05) is 5.32 Å². The molecule has 0 saturated carbocycles. The van der Waals surface area contributed by atoms with E-state index in [0.29, 0.717) is 17.0 Å². The minimum Gasteiger partial charge on any atom is -0.423 e. The lowest BCUT2D eigenvalue weighted by atomic mass is 10.2. The van der Waals surface area contributed by atoms with Gasteiger partial charge in [-0.1, -0.05) is 23.7 Å². The first-order valence-electron chi connectivity index (χ1n) is 7.74. The van der Waals surface area contributed by atoms with Gasteiger partial charge in [0.1, 0.15) is 5.75 Å². The van der Waals surface area contributed by atoms with E-state index in [4.69, 9.17) is 16.3 Å². The molecule has 28 heavy (non-hydrogen) atoms. The van der Waals surface area contributed by atoms with Gasteiger partial charge in [-0.15, -0.1) is 0 Å². The van der Waals surface area contributed by atoms with E-state index < -0.39 is 11.9 Å². The number of rotatable bonds is 4. The zero-order valence-electron chi connectivity index (χ0n) is 13.9. The monoisotopic (exact) mass is 620 g/mol. The lowest BCUT2D eigenvalue weighted by Crippen LogP contribution is -2.34. The van der Waals surface area contributed by atoms with E-state index in [1.807, 2.05) is 28.7 Å². The van der Waals surface area contributed by atoms with Gasteiger partial charge in [0.15, 0.2) is 0 Å². The van der Waals surface area contributed by atoms with Gasteiger partial charge in [0.25, 0.3) is 5.91 Å². The van der Waals surface area contributed by atoms with E-state index in [0.717, 1.165) is 7.14 Å². The second kappa shape index (κ2) is 9.47. The van der Waals surface area contributed by atoms with E-state index in [1.54, 1.807) is 42.7 Å². The molecule has 3 aromatic rings. The van der Waals surface area contributed by atoms with Crippen molar-refractivity contribution in [3.05, 3.63) is 72.6 Å². The molecule has 0 unspecified atom stereocenters. The number of anilines is 1. The maximum Gasteiger partial charge on any atom is 0.326 e. The average Bonchev–Trinajstić information content (AvgIpc) is 2.66. The normalized spacial score (nSPS) is 10.2. The smallest absolute Gasteiger partial charge is 0.326 e. The Hall–Kier alpha value is -1.99. The molecule has 7 nitrogen and oxygen atoms in total. The van der Waals surface area contributed by atoms with Gasteiger partial charge in [-0.2, -0.15) is 0 Å². The Bertz CT molecular complexity index is 1030. The van der Waals surface area contributed by atoms with Gasteiger partial charge in [0.2, 0.25) is 0 Å². The molecule has 2 N–H and O–H groups in total. The Morgan fingerprint density at radius 1 is 1.04 bits per heavy atom. The second-order valence-electron chi connectivity index (χ2n) is 5.32. The number of imide groups is 1. The Morgan fingerprint density at radius 3 is 2.43 bits per heavy atom. The van der Waals surface area contributed by atoms with Gasteiger partial charge in [-0.05, 0) is 75.5 Å². The quantitative estimate of drug-likeness (QED) is 0.397. The molecule has 0 aliphatic carbocycles. The summed E-state index contributed by atoms with van der Waals surface area (Å²) in [6, 6.07) is 11.1. The van der Waals surface area contributed by atoms with Crippen molar-refractivity contribution >= 4 is 74.4 Å². The third-order valence-electron chi connectivity index (χ3n) is 3.33. The summed E-state index contributed by atoms with van der Waals surface area (Å²) in [6.45, 7) is 0. The number of carbonyl (C=O) groups excluding carboxylic acids is 2. The van der Waals surface area contributed by atoms with Crippen LogP contribution < -0.4 is 15.4 Å². The van der Waals surface area contributed by atoms with Crippen LogP contribution >= 0.6 is 56.8 Å². The van der Waals surface area contributed by atoms with Gasteiger partial charge >= 0.3 is 12.0 Å². The summed E-state index contributed by atoms with van der Waals surface area (Å²) in [7, 11) is 0. The predicted octanol–water partition coefficient (Wildman–Crippen LogP) is 5.09. The van der Waals surface area contributed by atoms with Crippen molar-refractivity contribution in [2.24, 2.45) is 0 Å². The zero-order valence-corrected chi connectivity index (χ0v) is 19.0. The lowest BCUT2D eigenvalue weighted by Gasteiger charge is -2.10. The van der Waals surface area contributed by atoms with Crippen LogP contribution in [0.2, 0.25) is 5.02 Å². The zero-order chi connectivity index (χ0) is 20.1. The largest absolute Gasteiger partial charge is 0.423 e. The van der Waals surface area contributed by atoms with Crippen LogP contribution in [-0.2, 0) is 0 Å². The van der Waals surface area contributed by atoms with Crippen LogP contribution in [-0.4, -0.2) is 21.9 Å². The van der Waals surface area contributed by atoms with Crippen LogP contribution in [0.25, 0.3) is 0 Å². The molecule has 3 rings (SSSR count). The maximum atomic E-state index is 12.2. The number of nitrogens with one attached hydrogen (secondary N) is 2. The molecule has 0 fully saturated rings. The molecule has 3 amide bonds. The summed E-state index contributed by atoms with van der Waals surface area (Å²) < 4.78 is 7.14. The number of hydrogen-bond acceptors (Lipinski definition) is 5. The highest BCUT2D eigenvalue weighted by Crippen LogP contribution is 2.30. The van der Waals surface area contributed by atoms with Crippen LogP contribution in [0, 0.1) is 7.14 Å². The fraction of sp³-hybridized carbons (Fsp3) is 0. The highest BCUT2D eigenvalue weighted by atomic mass is 127. The van der Waals surface area contributed by atoms with E-state index in [1.165, 1.54) is 6.07 Å². The minimum atomic E-state index is -0.671. The van der Waals surface area contributed by atoms with E-state index in [-0.39, 0.29) is 11.0 Å². The number of ether oxygens (including phenoxy) is 1. The first-order chi connectivity index (χ1) is 13.4. The van der Waals surface area contributed by atoms with E-state index in [2.05, 4.69) is 43.2 Å². The molecular weight excluding hydrogens is 609 g/mol. The molecule has 10 heteroatoms. The first-order valence-corrected chi connectivity index (χ1v) is 10.3. The van der Waals surface area contributed by atoms with Crippen LogP contribution in [0.4, 0.5) is 10.5 Å². The summed E-state index contributed by atoms with van der Waals surface area (Å²) in [5, 5.41) is 5.09. The summed E-state index contributed by atoms with van der Waals surface area (Å²) >= 11 is 10.3. The third kappa shape index (κ3) is 5.52. The highest BCUT2D eigenvalue weighted by molar-refractivity contribution is 14.1. The number of benzene rings is 2. The number of aromatic nitrogens is 2. The van der Waals surface area contributed by atoms with Crippen LogP contribution in [0.3, 0.4) is 0 Å². The molecule has 0 saturated heterocycles. The molecule has 1 heterocycles. The summed E-state index contributed by atoms with van der Waals surface area (Å²) in [5.74, 6) is -0.159. The number of halogens is 3. The van der Waals surface area contributed by atoms with Crippen molar-refractivity contribution in [3.8, 4) is 11.8 Å². The molecular formula is C18H11ClI2N4O3. The molecule has 2 aromatic carbocycles. The number of urea groups is 1. The molecule has 0 bridgehead atoms. The molecule has 0 aliphatic heterocycles. The highest BCUT2D eigenvalue weighted by Gasteiger charge is 2.14. The third-order valence-corrected chi connectivity index (χ3v) is 5.13. The van der Waals surface area contributed by atoms with E-state index in [9.17, 15) is 9.59 Å². The van der Waals surface area contributed by atoms with E-state index >= 15 is 0 Å². The van der Waals surface area contributed by atoms with Crippen LogP contribution in [0.1, 0.15) is 10.4 Å². The predicted molar refractivity (Wildman–Crippen MR) is 122 cm³/mol. The van der Waals surface area contributed by atoms with Gasteiger partial charge in [0.05, 0.1) is 10.6 Å². The molecule has 142 valence electrons. The standard InChI is InChI=1S/C18H11ClI2N4O3/c19-13-7-11(5-6-15(13)28-18-22-8-10(20)9-23-18)24-17(27)25-16(26)12-3-1-2-4-14(12)21/h1-9H,(H2,24,25,26,27). The van der Waals surface area contributed by atoms with Gasteiger partial charge in [-0.3, -0.25) is 10.1 Å². The fourth-order valence-electron chi connectivity index (χ4n) is 2.09. The van der Waals surface area contributed by atoms with Crippen molar-refractivity contribution < 1.29 is 14.3 Å². The number of nitrogens with zero attached hydrogens (tertiary/aromatic N) is 2. The fourth-order valence-corrected chi connectivity index (χ4v) is 3.22. The first kappa shape index (κ1) is 20.7. The summed E-state index contributed by atoms with van der Waals surface area (Å²) in [5.41, 5.74) is 0.812. The molecule has 0 radical (unpaired) electrons. The van der Waals surface area contributed by atoms with Crippen molar-refractivity contribution in [1.82, 2.24) is 15.3 Å². The molecule has 1 aromatic heterocycles. The van der Waals surface area contributed by atoms with Crippen LogP contribution in [0.15, 0.2) is 54.9 Å². The van der Waals surface area contributed by atoms with Gasteiger partial charge in [-0.25, -0.2) is 14.8 Å². The minimum absolute atomic E-state index is 0.156. The Balaban J connectivity index is 1.63. The van der Waals surface area contributed by atoms with Gasteiger partial charge < -0.3 is 10.1 Å². The maximum absolute atomic E-state index is 12.2. The second-order valence-corrected chi connectivity index (χ2v) is 8.13. The van der Waals surface area contributed by atoms with Crippen molar-refractivity contribution in [1.29, 1.82) is 0 Å². The Morgan fingerprint density at radius 2 is 1.75 bits per heavy atom. The number of amides is 3. The lowest BCUT2D eigenvalue weighted by molar-refractivity contribution is 0.0966. The summed E-state index contributed by atoms with van der Waals surface area (Å²) in [6.07, 6.45) is 3.23.